The van der Waals surface area contributed by atoms with Gasteiger partial charge in [0.05, 0.1) is 6.04 Å². The van der Waals surface area contributed by atoms with Gasteiger partial charge in [-0.3, -0.25) is 4.79 Å². The standard InChI is InChI=1S/C9H10N4O/c1-6(10)9(14)7-2-3-13-8(4-7)11-5-12-13/h2-6H,10H2,1H3. The molecule has 2 heterocycles. The zero-order valence-corrected chi connectivity index (χ0v) is 7.71. The van der Waals surface area contributed by atoms with Crippen LogP contribution in [0.5, 0.6) is 0 Å². The first-order chi connectivity index (χ1) is 6.68. The molecule has 5 nitrogen and oxygen atoms in total. The Morgan fingerprint density at radius 3 is 3.14 bits per heavy atom. The topological polar surface area (TPSA) is 73.3 Å². The van der Waals surface area contributed by atoms with Crippen molar-refractivity contribution in [2.75, 3.05) is 0 Å². The van der Waals surface area contributed by atoms with Crippen LogP contribution in [0.1, 0.15) is 17.3 Å². The van der Waals surface area contributed by atoms with Crippen molar-refractivity contribution in [1.29, 1.82) is 0 Å². The van der Waals surface area contributed by atoms with Crippen LogP contribution < -0.4 is 5.73 Å². The Bertz CT molecular complexity index is 474. The van der Waals surface area contributed by atoms with Crippen LogP contribution in [-0.4, -0.2) is 26.4 Å². The molecule has 0 saturated carbocycles. The van der Waals surface area contributed by atoms with Gasteiger partial charge >= 0.3 is 0 Å². The summed E-state index contributed by atoms with van der Waals surface area (Å²) in [5.41, 5.74) is 6.71. The van der Waals surface area contributed by atoms with E-state index in [0.717, 1.165) is 0 Å². The van der Waals surface area contributed by atoms with E-state index < -0.39 is 6.04 Å². The summed E-state index contributed by atoms with van der Waals surface area (Å²) in [7, 11) is 0. The van der Waals surface area contributed by atoms with Crippen molar-refractivity contribution in [1.82, 2.24) is 14.6 Å². The van der Waals surface area contributed by atoms with Gasteiger partial charge in [0.2, 0.25) is 0 Å². The quantitative estimate of drug-likeness (QED) is 0.689. The zero-order valence-electron chi connectivity index (χ0n) is 7.71. The van der Waals surface area contributed by atoms with Crippen molar-refractivity contribution in [2.45, 2.75) is 13.0 Å². The molecule has 0 bridgehead atoms. The Kier molecular flexibility index (Phi) is 2.01. The minimum absolute atomic E-state index is 0.0875. The van der Waals surface area contributed by atoms with E-state index in [9.17, 15) is 4.79 Å². The van der Waals surface area contributed by atoms with Crippen molar-refractivity contribution in [3.05, 3.63) is 30.2 Å². The third kappa shape index (κ3) is 1.38. The summed E-state index contributed by atoms with van der Waals surface area (Å²) in [5.74, 6) is -0.0875. The van der Waals surface area contributed by atoms with E-state index >= 15 is 0 Å². The minimum Gasteiger partial charge on any atom is -0.321 e. The molecule has 1 unspecified atom stereocenters. The molecular weight excluding hydrogens is 180 g/mol. The highest BCUT2D eigenvalue weighted by Crippen LogP contribution is 2.05. The summed E-state index contributed by atoms with van der Waals surface area (Å²) in [6, 6.07) is 2.88. The van der Waals surface area contributed by atoms with Gasteiger partial charge in [0.15, 0.2) is 11.4 Å². The number of nitrogens with two attached hydrogens (primary N) is 1. The average molecular weight is 190 g/mol. The number of Topliss-reactive ketones (excluding diaryl/α,β-unsaturated/α-hetero) is 1. The Morgan fingerprint density at radius 2 is 2.43 bits per heavy atom. The van der Waals surface area contributed by atoms with Gasteiger partial charge in [-0.05, 0) is 19.1 Å². The van der Waals surface area contributed by atoms with E-state index in [1.807, 2.05) is 0 Å². The van der Waals surface area contributed by atoms with Gasteiger partial charge in [0.1, 0.15) is 6.33 Å². The largest absolute Gasteiger partial charge is 0.321 e. The number of fused-ring (bicyclic) bond motifs is 1. The molecule has 2 aromatic heterocycles. The van der Waals surface area contributed by atoms with Crippen LogP contribution in [0.2, 0.25) is 0 Å². The summed E-state index contributed by atoms with van der Waals surface area (Å²) < 4.78 is 1.60. The van der Waals surface area contributed by atoms with E-state index in [4.69, 9.17) is 5.73 Å². The first-order valence-corrected chi connectivity index (χ1v) is 4.27. The number of ketones is 1. The SMILES string of the molecule is CC(N)C(=O)c1ccn2ncnc2c1. The van der Waals surface area contributed by atoms with Crippen LogP contribution in [-0.2, 0) is 0 Å². The van der Waals surface area contributed by atoms with Crippen LogP contribution in [0.25, 0.3) is 5.65 Å². The molecule has 0 radical (unpaired) electrons. The Balaban J connectivity index is 2.48. The molecule has 1 atom stereocenters. The maximum absolute atomic E-state index is 11.5. The maximum Gasteiger partial charge on any atom is 0.179 e. The van der Waals surface area contributed by atoms with E-state index in [0.29, 0.717) is 11.2 Å². The third-order valence-corrected chi connectivity index (χ3v) is 1.98. The number of carbonyl (C=O) groups excluding carboxylic acids is 1. The molecule has 2 rings (SSSR count). The van der Waals surface area contributed by atoms with Gasteiger partial charge < -0.3 is 5.73 Å². The van der Waals surface area contributed by atoms with Crippen molar-refractivity contribution >= 4 is 11.4 Å². The van der Waals surface area contributed by atoms with Gasteiger partial charge in [0.25, 0.3) is 0 Å². The van der Waals surface area contributed by atoms with Crippen LogP contribution in [0.3, 0.4) is 0 Å². The molecule has 0 saturated heterocycles. The number of nitrogens with zero attached hydrogens (tertiary/aromatic N) is 3. The van der Waals surface area contributed by atoms with Gasteiger partial charge in [-0.2, -0.15) is 5.10 Å². The third-order valence-electron chi connectivity index (χ3n) is 1.98. The lowest BCUT2D eigenvalue weighted by atomic mass is 10.1. The lowest BCUT2D eigenvalue weighted by Gasteiger charge is -2.03. The predicted octanol–water partition coefficient (Wildman–Crippen LogP) is 0.259. The molecule has 0 fully saturated rings. The van der Waals surface area contributed by atoms with Gasteiger partial charge in [-0.15, -0.1) is 0 Å². The number of hydrogen-bond acceptors (Lipinski definition) is 4. The van der Waals surface area contributed by atoms with E-state index in [-0.39, 0.29) is 5.78 Å². The monoisotopic (exact) mass is 190 g/mol. The van der Waals surface area contributed by atoms with Crippen molar-refractivity contribution < 1.29 is 4.79 Å². The molecule has 0 aliphatic carbocycles. The maximum atomic E-state index is 11.5. The fourth-order valence-corrected chi connectivity index (χ4v) is 1.23. The predicted molar refractivity (Wildman–Crippen MR) is 51.0 cm³/mol. The molecule has 0 aliphatic heterocycles. The normalized spacial score (nSPS) is 13.0. The summed E-state index contributed by atoms with van der Waals surface area (Å²) in [6.45, 7) is 1.66. The highest BCUT2D eigenvalue weighted by Gasteiger charge is 2.11. The molecule has 72 valence electrons. The fraction of sp³-hybridized carbons (Fsp3) is 0.222. The molecule has 2 aromatic rings. The smallest absolute Gasteiger partial charge is 0.179 e. The highest BCUT2D eigenvalue weighted by molar-refractivity contribution is 6.00. The van der Waals surface area contributed by atoms with Gasteiger partial charge in [-0.1, -0.05) is 0 Å². The number of hydrogen-bond donors (Lipinski definition) is 1. The van der Waals surface area contributed by atoms with Gasteiger partial charge in [-0.25, -0.2) is 9.50 Å². The molecule has 14 heavy (non-hydrogen) atoms. The first kappa shape index (κ1) is 8.83. The molecular formula is C9H10N4O. The Morgan fingerprint density at radius 1 is 1.64 bits per heavy atom. The van der Waals surface area contributed by atoms with Crippen molar-refractivity contribution in [3.8, 4) is 0 Å². The fourth-order valence-electron chi connectivity index (χ4n) is 1.23. The van der Waals surface area contributed by atoms with Crippen LogP contribution >= 0.6 is 0 Å². The summed E-state index contributed by atoms with van der Waals surface area (Å²) in [6.07, 6.45) is 3.13. The van der Waals surface area contributed by atoms with Crippen LogP contribution in [0.4, 0.5) is 0 Å². The average Bonchev–Trinajstić information content (AvgIpc) is 2.62. The summed E-state index contributed by atoms with van der Waals surface area (Å²) >= 11 is 0. The van der Waals surface area contributed by atoms with Gasteiger partial charge in [0, 0.05) is 11.8 Å². The second-order valence-electron chi connectivity index (χ2n) is 3.13. The lowest BCUT2D eigenvalue weighted by molar-refractivity contribution is 0.0968. The first-order valence-electron chi connectivity index (χ1n) is 4.27. The number of carbonyl (C=O) groups is 1. The number of pyridine rings is 1. The van der Waals surface area contributed by atoms with Crippen LogP contribution in [0.15, 0.2) is 24.7 Å². The van der Waals surface area contributed by atoms with Crippen molar-refractivity contribution in [3.63, 3.8) is 0 Å². The second-order valence-corrected chi connectivity index (χ2v) is 3.13. The number of rotatable bonds is 2. The zero-order chi connectivity index (χ0) is 10.1. The summed E-state index contributed by atoms with van der Waals surface area (Å²) in [5, 5.41) is 3.93. The van der Waals surface area contributed by atoms with Crippen LogP contribution in [0, 0.1) is 0 Å². The number of aromatic nitrogens is 3. The Hall–Kier alpha value is -1.75. The van der Waals surface area contributed by atoms with E-state index in [2.05, 4.69) is 10.1 Å². The van der Waals surface area contributed by atoms with E-state index in [1.165, 1.54) is 6.33 Å². The summed E-state index contributed by atoms with van der Waals surface area (Å²) in [4.78, 5) is 15.5. The molecule has 0 aromatic carbocycles. The minimum atomic E-state index is -0.486. The van der Waals surface area contributed by atoms with Crippen molar-refractivity contribution in [2.24, 2.45) is 5.73 Å². The molecule has 5 heteroatoms. The molecule has 0 spiro atoms. The molecule has 0 aliphatic rings. The van der Waals surface area contributed by atoms with E-state index in [1.54, 1.807) is 29.8 Å². The lowest BCUT2D eigenvalue weighted by Crippen LogP contribution is -2.26. The molecule has 0 amide bonds. The Labute approximate surface area is 80.6 Å². The molecule has 2 N–H and O–H groups in total. The highest BCUT2D eigenvalue weighted by atomic mass is 16.1. The second kappa shape index (κ2) is 3.19.